The van der Waals surface area contributed by atoms with Crippen LogP contribution in [0.2, 0.25) is 0 Å². The minimum atomic E-state index is -0.561. The second-order valence-electron chi connectivity index (χ2n) is 8.37. The first-order valence-electron chi connectivity index (χ1n) is 11.0. The van der Waals surface area contributed by atoms with Crippen molar-refractivity contribution in [3.8, 4) is 22.8 Å². The molecule has 184 valence electrons. The molecule has 0 saturated carbocycles. The Morgan fingerprint density at radius 3 is 2.51 bits per heavy atom. The average molecular weight is 546 g/mol. The molecule has 0 radical (unpaired) electrons. The van der Waals surface area contributed by atoms with Gasteiger partial charge in [0.05, 0.1) is 41.9 Å². The number of non-ortho nitro benzene ring substituents is 1. The highest BCUT2D eigenvalue weighted by Crippen LogP contribution is 2.44. The van der Waals surface area contributed by atoms with Gasteiger partial charge in [-0.1, -0.05) is 0 Å². The summed E-state index contributed by atoms with van der Waals surface area (Å²) in [6, 6.07) is 6.87. The molecular weight excluding hydrogens is 522 g/mol. The van der Waals surface area contributed by atoms with E-state index < -0.39 is 10.5 Å². The van der Waals surface area contributed by atoms with Crippen LogP contribution in [0.5, 0.6) is 11.5 Å². The zero-order valence-corrected chi connectivity index (χ0v) is 20.7. The number of phenols is 1. The van der Waals surface area contributed by atoms with Crippen LogP contribution in [0.15, 0.2) is 35.1 Å². The largest absolute Gasteiger partial charge is 0.504 e. The molecule has 5 rings (SSSR count). The number of aromatic hydroxyl groups is 1. The average Bonchev–Trinajstić information content (AvgIpc) is 3.12. The van der Waals surface area contributed by atoms with E-state index in [0.717, 1.165) is 19.6 Å². The fraction of sp³-hybridized carbons (Fsp3) is 0.333. The van der Waals surface area contributed by atoms with Crippen LogP contribution in [0.3, 0.4) is 0 Å². The van der Waals surface area contributed by atoms with Crippen molar-refractivity contribution >= 4 is 39.2 Å². The van der Waals surface area contributed by atoms with Gasteiger partial charge in [-0.3, -0.25) is 24.6 Å². The molecule has 35 heavy (non-hydrogen) atoms. The predicted molar refractivity (Wildman–Crippen MR) is 134 cm³/mol. The van der Waals surface area contributed by atoms with Crippen LogP contribution in [0.1, 0.15) is 22.3 Å². The summed E-state index contributed by atoms with van der Waals surface area (Å²) in [5.41, 5.74) is 0.905. The minimum absolute atomic E-state index is 0. The number of phenolic OH excluding ortho intramolecular Hbond substituents is 1. The van der Waals surface area contributed by atoms with Crippen LogP contribution < -0.4 is 10.3 Å². The molecule has 2 aliphatic rings. The molecule has 0 atom stereocenters. The molecule has 1 fully saturated rings. The third kappa shape index (κ3) is 4.19. The third-order valence-corrected chi connectivity index (χ3v) is 6.47. The van der Waals surface area contributed by atoms with Crippen molar-refractivity contribution in [2.24, 2.45) is 0 Å². The number of carbonyl (C=O) groups excluding carboxylic acids is 1. The monoisotopic (exact) mass is 545 g/mol. The highest BCUT2D eigenvalue weighted by Gasteiger charge is 2.34. The summed E-state index contributed by atoms with van der Waals surface area (Å²) >= 11 is 0. The summed E-state index contributed by atoms with van der Waals surface area (Å²) < 4.78 is 12.2. The lowest BCUT2D eigenvalue weighted by Crippen LogP contribution is -2.37. The second-order valence-corrected chi connectivity index (χ2v) is 8.37. The molecule has 1 N–H and O–H groups in total. The lowest BCUT2D eigenvalue weighted by molar-refractivity contribution is -0.384. The van der Waals surface area contributed by atoms with Crippen LogP contribution in [-0.4, -0.2) is 65.2 Å². The van der Waals surface area contributed by atoms with Gasteiger partial charge in [-0.25, -0.2) is 0 Å². The fourth-order valence-electron chi connectivity index (χ4n) is 4.80. The maximum Gasteiger partial charge on any atom is 0.270 e. The Morgan fingerprint density at radius 2 is 1.83 bits per heavy atom. The second kappa shape index (κ2) is 9.76. The number of methoxy groups -OCH3 is 1. The highest BCUT2D eigenvalue weighted by atomic mass is 79.9. The first-order chi connectivity index (χ1) is 16.4. The Labute approximate surface area is 210 Å². The van der Waals surface area contributed by atoms with Crippen LogP contribution in [0.4, 0.5) is 5.69 Å². The molecule has 0 bridgehead atoms. The van der Waals surface area contributed by atoms with E-state index in [-0.39, 0.29) is 50.9 Å². The summed E-state index contributed by atoms with van der Waals surface area (Å²) in [7, 11) is 1.41. The third-order valence-electron chi connectivity index (χ3n) is 6.47. The molecule has 0 spiro atoms. The van der Waals surface area contributed by atoms with E-state index in [1.165, 1.54) is 35.9 Å². The van der Waals surface area contributed by atoms with Gasteiger partial charge in [0.25, 0.3) is 11.2 Å². The van der Waals surface area contributed by atoms with Crippen molar-refractivity contribution in [1.29, 1.82) is 0 Å². The van der Waals surface area contributed by atoms with E-state index in [1.807, 2.05) is 0 Å². The standard InChI is InChI=1S/C24H23N3O7.BrH/c1-33-20-13-16-17(12-19(20)28)23(29)21-15-4-3-14(27(31)32)11-18(15)24(30)26(22(16)21)6-2-5-25-7-9-34-10-8-25;/h3-4,11-13,28H,2,5-10H2,1H3;1H. The van der Waals surface area contributed by atoms with Gasteiger partial charge in [-0.2, -0.15) is 0 Å². The number of halogens is 1. The van der Waals surface area contributed by atoms with Crippen LogP contribution in [-0.2, 0) is 11.3 Å². The summed E-state index contributed by atoms with van der Waals surface area (Å²) in [6.45, 7) is 4.04. The number of hydrogen-bond donors (Lipinski definition) is 1. The number of nitro groups is 1. The normalized spacial score (nSPS) is 14.9. The number of nitro benzene ring substituents is 1. The number of morpholine rings is 1. The Balaban J connectivity index is 0.00000289. The van der Waals surface area contributed by atoms with E-state index in [0.29, 0.717) is 48.4 Å². The van der Waals surface area contributed by atoms with Crippen molar-refractivity contribution in [3.63, 3.8) is 0 Å². The number of benzene rings is 2. The Hall–Kier alpha value is -3.28. The van der Waals surface area contributed by atoms with Crippen molar-refractivity contribution in [2.75, 3.05) is 40.0 Å². The number of hydrogen-bond acceptors (Lipinski definition) is 8. The molecule has 10 nitrogen and oxygen atoms in total. The predicted octanol–water partition coefficient (Wildman–Crippen LogP) is 3.14. The molecule has 2 aromatic carbocycles. The Bertz CT molecular complexity index is 1400. The van der Waals surface area contributed by atoms with E-state index in [1.54, 1.807) is 6.07 Å². The van der Waals surface area contributed by atoms with Gasteiger partial charge in [0.1, 0.15) is 0 Å². The number of aromatic nitrogens is 1. The fourth-order valence-corrected chi connectivity index (χ4v) is 4.80. The van der Waals surface area contributed by atoms with Gasteiger partial charge >= 0.3 is 0 Å². The van der Waals surface area contributed by atoms with Gasteiger partial charge in [-0.15, -0.1) is 17.0 Å². The number of nitrogens with zero attached hydrogens (tertiary/aromatic N) is 3. The van der Waals surface area contributed by atoms with Gasteiger partial charge in [0.15, 0.2) is 17.3 Å². The highest BCUT2D eigenvalue weighted by molar-refractivity contribution is 8.93. The molecule has 3 aromatic rings. The van der Waals surface area contributed by atoms with E-state index >= 15 is 0 Å². The first kappa shape index (κ1) is 24.8. The maximum atomic E-state index is 13.6. The lowest BCUT2D eigenvalue weighted by atomic mass is 10.0. The van der Waals surface area contributed by atoms with Crippen LogP contribution in [0.25, 0.3) is 22.0 Å². The summed E-state index contributed by atoms with van der Waals surface area (Å²) in [4.78, 5) is 40.1. The van der Waals surface area contributed by atoms with E-state index in [2.05, 4.69) is 4.90 Å². The summed E-state index contributed by atoms with van der Waals surface area (Å²) in [6.07, 6.45) is 0.644. The van der Waals surface area contributed by atoms with E-state index in [4.69, 9.17) is 9.47 Å². The van der Waals surface area contributed by atoms with Crippen LogP contribution >= 0.6 is 17.0 Å². The van der Waals surface area contributed by atoms with Gasteiger partial charge in [0, 0.05) is 54.8 Å². The summed E-state index contributed by atoms with van der Waals surface area (Å²) in [5.74, 6) is -0.331. The molecule has 1 aliphatic heterocycles. The number of pyridine rings is 1. The zero-order chi connectivity index (χ0) is 24.0. The molecular formula is C24H24BrN3O7. The van der Waals surface area contributed by atoms with Gasteiger partial charge < -0.3 is 19.1 Å². The Morgan fingerprint density at radius 1 is 1.09 bits per heavy atom. The van der Waals surface area contributed by atoms with Crippen molar-refractivity contribution in [2.45, 2.75) is 13.0 Å². The van der Waals surface area contributed by atoms with E-state index in [9.17, 15) is 24.8 Å². The SMILES string of the molecule is Br.COc1cc2c(cc1O)C(=O)c1c-2n(CCCN2CCOCC2)c(=O)c2cc([N+](=O)[O-])ccc12. The summed E-state index contributed by atoms with van der Waals surface area (Å²) in [5, 5.41) is 22.1. The molecule has 0 amide bonds. The van der Waals surface area contributed by atoms with Crippen molar-refractivity contribution in [1.82, 2.24) is 9.47 Å². The molecule has 0 unspecified atom stereocenters. The van der Waals surface area contributed by atoms with Gasteiger partial charge in [-0.05, 0) is 24.6 Å². The van der Waals surface area contributed by atoms with Crippen molar-refractivity contribution in [3.05, 3.63) is 61.9 Å². The molecule has 1 aromatic heterocycles. The quantitative estimate of drug-likeness (QED) is 0.289. The molecule has 11 heteroatoms. The molecule has 1 aliphatic carbocycles. The smallest absolute Gasteiger partial charge is 0.270 e. The topological polar surface area (TPSA) is 124 Å². The number of rotatable bonds is 6. The Kier molecular flexibility index (Phi) is 6.93. The minimum Gasteiger partial charge on any atom is -0.504 e. The maximum absolute atomic E-state index is 13.6. The van der Waals surface area contributed by atoms with Gasteiger partial charge in [0.2, 0.25) is 0 Å². The number of carbonyl (C=O) groups is 1. The van der Waals surface area contributed by atoms with Crippen molar-refractivity contribution < 1.29 is 24.3 Å². The lowest BCUT2D eigenvalue weighted by Gasteiger charge is -2.26. The van der Waals surface area contributed by atoms with Crippen LogP contribution in [0, 0.1) is 10.1 Å². The zero-order valence-electron chi connectivity index (χ0n) is 19.0. The number of ether oxygens (including phenoxy) is 2. The first-order valence-corrected chi connectivity index (χ1v) is 11.0. The number of ketones is 1. The number of fused-ring (bicyclic) bond motifs is 5. The molecule has 1 saturated heterocycles. The molecule has 2 heterocycles.